The van der Waals surface area contributed by atoms with Gasteiger partial charge in [-0.25, -0.2) is 0 Å². The van der Waals surface area contributed by atoms with Crippen molar-refractivity contribution >= 4 is 0 Å². The van der Waals surface area contributed by atoms with Gasteiger partial charge in [-0.15, -0.1) is 0 Å². The molecule has 8 heteroatoms. The van der Waals surface area contributed by atoms with Gasteiger partial charge in [0.1, 0.15) is 12.9 Å². The molecule has 1 N–H and O–H groups in total. The highest BCUT2D eigenvalue weighted by Gasteiger charge is 2.37. The van der Waals surface area contributed by atoms with E-state index in [9.17, 15) is 15.2 Å². The van der Waals surface area contributed by atoms with Crippen LogP contribution < -0.4 is 0 Å². The Morgan fingerprint density at radius 1 is 1.28 bits per heavy atom. The normalized spacial score (nSPS) is 16.6. The van der Waals surface area contributed by atoms with Crippen LogP contribution in [0.25, 0.3) is 0 Å². The molecule has 8 nitrogen and oxygen atoms in total. The first kappa shape index (κ1) is 17.2. The smallest absolute Gasteiger partial charge is 0.245 e. The highest BCUT2D eigenvalue weighted by molar-refractivity contribution is 4.75. The molecule has 0 radical (unpaired) electrons. The molecule has 108 valence electrons. The fourth-order valence-corrected chi connectivity index (χ4v) is 1.42. The molecule has 0 aliphatic heterocycles. The summed E-state index contributed by atoms with van der Waals surface area (Å²) in [6.07, 6.45) is -2.82. The van der Waals surface area contributed by atoms with Crippen molar-refractivity contribution in [2.45, 2.75) is 37.9 Å². The number of ether oxygens (including phenoxy) is 4. The number of methoxy groups -OCH3 is 3. The Labute approximate surface area is 106 Å². The van der Waals surface area contributed by atoms with Crippen LogP contribution in [-0.4, -0.2) is 62.7 Å². The average Bonchev–Trinajstić information content (AvgIpc) is 2.36. The molecule has 0 saturated carbocycles. The third kappa shape index (κ3) is 5.69. The summed E-state index contributed by atoms with van der Waals surface area (Å²) in [6, 6.07) is -1.23. The summed E-state index contributed by atoms with van der Waals surface area (Å²) in [4.78, 5) is 10.4. The summed E-state index contributed by atoms with van der Waals surface area (Å²) in [6.45, 7) is 1.50. The molecule has 0 saturated heterocycles. The summed E-state index contributed by atoms with van der Waals surface area (Å²) < 4.78 is 19.5. The van der Waals surface area contributed by atoms with E-state index in [1.165, 1.54) is 28.3 Å². The fraction of sp³-hybridized carbons (Fsp3) is 1.00. The van der Waals surface area contributed by atoms with Crippen molar-refractivity contribution in [2.24, 2.45) is 0 Å². The second-order valence-corrected chi connectivity index (χ2v) is 3.76. The topological polar surface area (TPSA) is 100 Å². The van der Waals surface area contributed by atoms with E-state index in [0.29, 0.717) is 0 Å². The minimum absolute atomic E-state index is 0.0410. The molecule has 0 amide bonds. The largest absolute Gasteiger partial charge is 0.383 e. The first-order chi connectivity index (χ1) is 8.47. The highest BCUT2D eigenvalue weighted by Crippen LogP contribution is 2.14. The second-order valence-electron chi connectivity index (χ2n) is 3.76. The van der Waals surface area contributed by atoms with Gasteiger partial charge in [0, 0.05) is 26.3 Å². The maximum Gasteiger partial charge on any atom is 0.245 e. The number of aliphatic hydroxyl groups is 1. The molecule has 0 aromatic heterocycles. The van der Waals surface area contributed by atoms with Gasteiger partial charge in [0.25, 0.3) is 0 Å². The molecule has 0 fully saturated rings. The number of hydrogen-bond acceptors (Lipinski definition) is 7. The zero-order chi connectivity index (χ0) is 14.1. The summed E-state index contributed by atoms with van der Waals surface area (Å²) in [5, 5.41) is 20.8. The van der Waals surface area contributed by atoms with E-state index in [0.717, 1.165) is 0 Å². The summed E-state index contributed by atoms with van der Waals surface area (Å²) in [5.41, 5.74) is 0. The molecule has 3 atom stereocenters. The lowest BCUT2D eigenvalue weighted by atomic mass is 10.0. The molecule has 0 heterocycles. The van der Waals surface area contributed by atoms with Gasteiger partial charge in [0.2, 0.25) is 6.04 Å². The van der Waals surface area contributed by atoms with Gasteiger partial charge < -0.3 is 24.1 Å². The van der Waals surface area contributed by atoms with Gasteiger partial charge in [0.15, 0.2) is 6.29 Å². The van der Waals surface area contributed by atoms with Gasteiger partial charge in [-0.05, 0) is 6.92 Å². The van der Waals surface area contributed by atoms with E-state index in [-0.39, 0.29) is 13.2 Å². The summed E-state index contributed by atoms with van der Waals surface area (Å²) >= 11 is 0. The molecule has 0 aromatic rings. The summed E-state index contributed by atoms with van der Waals surface area (Å²) in [5.74, 6) is 0. The van der Waals surface area contributed by atoms with Crippen LogP contribution in [0.15, 0.2) is 0 Å². The lowest BCUT2D eigenvalue weighted by molar-refractivity contribution is -0.542. The van der Waals surface area contributed by atoms with E-state index in [2.05, 4.69) is 4.74 Å². The Hall–Kier alpha value is -0.800. The van der Waals surface area contributed by atoms with Crippen LogP contribution >= 0.6 is 0 Å². The third-order valence-electron chi connectivity index (χ3n) is 2.55. The molecule has 0 rings (SSSR count). The summed E-state index contributed by atoms with van der Waals surface area (Å²) in [7, 11) is 4.18. The minimum Gasteiger partial charge on any atom is -0.383 e. The molecular weight excluding hydrogens is 246 g/mol. The quantitative estimate of drug-likeness (QED) is 0.338. The number of hydrogen-bond donors (Lipinski definition) is 1. The Kier molecular flexibility index (Phi) is 8.77. The van der Waals surface area contributed by atoms with Crippen LogP contribution in [0.2, 0.25) is 0 Å². The van der Waals surface area contributed by atoms with Gasteiger partial charge in [-0.1, -0.05) is 0 Å². The lowest BCUT2D eigenvalue weighted by Crippen LogP contribution is -2.44. The third-order valence-corrected chi connectivity index (χ3v) is 2.55. The van der Waals surface area contributed by atoms with Crippen molar-refractivity contribution in [1.29, 1.82) is 0 Å². The predicted molar refractivity (Wildman–Crippen MR) is 61.6 cm³/mol. The van der Waals surface area contributed by atoms with Gasteiger partial charge in [0.05, 0.1) is 12.5 Å². The minimum atomic E-state index is -1.28. The molecule has 0 aliphatic carbocycles. The zero-order valence-corrected chi connectivity index (χ0v) is 11.1. The number of nitrogens with zero attached hydrogens (tertiary/aromatic N) is 1. The van der Waals surface area contributed by atoms with Crippen LogP contribution in [0.5, 0.6) is 0 Å². The van der Waals surface area contributed by atoms with Crippen molar-refractivity contribution in [3.05, 3.63) is 10.1 Å². The van der Waals surface area contributed by atoms with Crippen LogP contribution in [0, 0.1) is 10.1 Å². The van der Waals surface area contributed by atoms with E-state index in [1.54, 1.807) is 0 Å². The van der Waals surface area contributed by atoms with E-state index in [4.69, 9.17) is 14.2 Å². The van der Waals surface area contributed by atoms with Crippen LogP contribution in [0.3, 0.4) is 0 Å². The van der Waals surface area contributed by atoms with Crippen molar-refractivity contribution in [3.63, 3.8) is 0 Å². The lowest BCUT2D eigenvalue weighted by Gasteiger charge is -2.24. The first-order valence-electron chi connectivity index (χ1n) is 5.45. The van der Waals surface area contributed by atoms with E-state index in [1.807, 2.05) is 0 Å². The van der Waals surface area contributed by atoms with Crippen molar-refractivity contribution < 1.29 is 29.0 Å². The molecule has 0 aliphatic rings. The number of nitro groups is 1. The van der Waals surface area contributed by atoms with Crippen molar-refractivity contribution in [2.75, 3.05) is 28.1 Å². The van der Waals surface area contributed by atoms with Gasteiger partial charge in [-0.3, -0.25) is 10.1 Å². The van der Waals surface area contributed by atoms with Gasteiger partial charge >= 0.3 is 0 Å². The van der Waals surface area contributed by atoms with E-state index < -0.39 is 29.5 Å². The number of rotatable bonds is 10. The molecule has 0 unspecified atom stereocenters. The molecular formula is C10H21NO7. The predicted octanol–water partition coefficient (Wildman–Crippen LogP) is 0.0106. The molecule has 0 bridgehead atoms. The first-order valence-corrected chi connectivity index (χ1v) is 5.45. The Balaban J connectivity index is 4.52. The van der Waals surface area contributed by atoms with Crippen molar-refractivity contribution in [1.82, 2.24) is 0 Å². The fourth-order valence-electron chi connectivity index (χ4n) is 1.42. The maximum absolute atomic E-state index is 10.9. The Bertz CT molecular complexity index is 234. The maximum atomic E-state index is 10.9. The van der Waals surface area contributed by atoms with Gasteiger partial charge in [-0.2, -0.15) is 0 Å². The molecule has 18 heavy (non-hydrogen) atoms. The zero-order valence-electron chi connectivity index (χ0n) is 11.1. The number of aliphatic hydroxyl groups excluding tert-OH is 1. The highest BCUT2D eigenvalue weighted by atomic mass is 16.7. The van der Waals surface area contributed by atoms with Crippen LogP contribution in [0.4, 0.5) is 0 Å². The monoisotopic (exact) mass is 267 g/mol. The SMILES string of the molecule is COCO[C@@H](C)[C@@H](O)[C@@H](CC(OC)OC)[N+](=O)[O-]. The standard InChI is InChI=1S/C10H21NO7/c1-7(18-6-15-2)10(12)8(11(13)14)5-9(16-3)17-4/h7-10,12H,5-6H2,1-4H3/t7-,8+,10+/m0/s1. The van der Waals surface area contributed by atoms with E-state index >= 15 is 0 Å². The Morgan fingerprint density at radius 2 is 1.83 bits per heavy atom. The van der Waals surface area contributed by atoms with Crippen LogP contribution in [0.1, 0.15) is 13.3 Å². The van der Waals surface area contributed by atoms with Crippen LogP contribution in [-0.2, 0) is 18.9 Å². The second kappa shape index (κ2) is 9.17. The Morgan fingerprint density at radius 3 is 2.22 bits per heavy atom. The average molecular weight is 267 g/mol. The van der Waals surface area contributed by atoms with Crippen molar-refractivity contribution in [3.8, 4) is 0 Å². The molecule has 0 spiro atoms. The molecule has 0 aromatic carbocycles.